The summed E-state index contributed by atoms with van der Waals surface area (Å²) in [6, 6.07) is 3.85. The van der Waals surface area contributed by atoms with Crippen LogP contribution in [-0.4, -0.2) is 36.9 Å². The first-order valence-electron chi connectivity index (χ1n) is 9.08. The zero-order chi connectivity index (χ0) is 18.3. The smallest absolute Gasteiger partial charge is 0.375 e. The summed E-state index contributed by atoms with van der Waals surface area (Å²) in [6.07, 6.45) is 0.228. The highest BCUT2D eigenvalue weighted by atomic mass is 19.4. The molecule has 4 rings (SSSR count). The zero-order valence-electron chi connectivity index (χ0n) is 14.3. The van der Waals surface area contributed by atoms with Gasteiger partial charge in [-0.25, -0.2) is 4.99 Å². The molecule has 1 N–H and O–H groups in total. The van der Waals surface area contributed by atoms with Gasteiger partial charge in [0.2, 0.25) is 0 Å². The maximum atomic E-state index is 13.0. The van der Waals surface area contributed by atoms with E-state index in [2.05, 4.69) is 10.3 Å². The number of alkyl halides is 3. The number of hydrogen-bond donors (Lipinski definition) is 1. The molecule has 2 aliphatic carbocycles. The van der Waals surface area contributed by atoms with Crippen LogP contribution in [0.15, 0.2) is 23.2 Å². The Labute approximate surface area is 149 Å². The number of hydrogen-bond acceptors (Lipinski definition) is 3. The van der Waals surface area contributed by atoms with Gasteiger partial charge in [-0.15, -0.1) is 0 Å². The number of rotatable bonds is 4. The molecule has 2 saturated carbocycles. The number of amides is 1. The van der Waals surface area contributed by atoms with E-state index in [4.69, 9.17) is 4.74 Å². The largest absolute Gasteiger partial charge is 0.416 e. The summed E-state index contributed by atoms with van der Waals surface area (Å²) < 4.78 is 44.4. The first kappa shape index (κ1) is 17.7. The lowest BCUT2D eigenvalue weighted by molar-refractivity contribution is -0.137. The summed E-state index contributed by atoms with van der Waals surface area (Å²) in [4.78, 5) is 17.0. The second-order valence-electron chi connectivity index (χ2n) is 7.32. The van der Waals surface area contributed by atoms with E-state index in [1.807, 2.05) is 0 Å². The molecule has 3 aliphatic rings. The summed E-state index contributed by atoms with van der Waals surface area (Å²) in [5.74, 6) is -0.442. The van der Waals surface area contributed by atoms with Gasteiger partial charge < -0.3 is 10.1 Å². The minimum absolute atomic E-state index is 0.0130. The molecule has 0 spiro atoms. The predicted octanol–water partition coefficient (Wildman–Crippen LogP) is 3.70. The lowest BCUT2D eigenvalue weighted by Gasteiger charge is -2.25. The van der Waals surface area contributed by atoms with Crippen LogP contribution in [0.4, 0.5) is 13.2 Å². The topological polar surface area (TPSA) is 50.7 Å². The standard InChI is InChI=1S/C19H21F3N2O2/c20-19(21,22)12-3-6-14(15(9-12)11-1-2-11)18(25)24-17-10-26-8-7-16(17)23-13-4-5-13/h3,6,9,11,13,16,23H,1-2,4-5,7-8,10H2/b24-17+/t16-/m1/s1. The zero-order valence-corrected chi connectivity index (χ0v) is 14.3. The van der Waals surface area contributed by atoms with Crippen molar-refractivity contribution in [2.45, 2.75) is 56.3 Å². The Morgan fingerprint density at radius 2 is 1.92 bits per heavy atom. The van der Waals surface area contributed by atoms with Crippen molar-refractivity contribution in [3.8, 4) is 0 Å². The van der Waals surface area contributed by atoms with Gasteiger partial charge in [-0.05, 0) is 61.8 Å². The molecule has 0 radical (unpaired) electrons. The molecular formula is C19H21F3N2O2. The lowest BCUT2D eigenvalue weighted by Crippen LogP contribution is -2.44. The molecule has 1 aromatic carbocycles. The summed E-state index contributed by atoms with van der Waals surface area (Å²) in [5, 5.41) is 3.47. The van der Waals surface area contributed by atoms with E-state index in [0.717, 1.165) is 44.2 Å². The third-order valence-electron chi connectivity index (χ3n) is 5.09. The molecule has 140 valence electrons. The van der Waals surface area contributed by atoms with Crippen LogP contribution < -0.4 is 5.32 Å². The fourth-order valence-electron chi connectivity index (χ4n) is 3.33. The van der Waals surface area contributed by atoms with Crippen LogP contribution in [0.1, 0.15) is 59.5 Å². The Morgan fingerprint density at radius 3 is 2.58 bits per heavy atom. The van der Waals surface area contributed by atoms with Gasteiger partial charge in [0.15, 0.2) is 0 Å². The van der Waals surface area contributed by atoms with Crippen LogP contribution in [0.25, 0.3) is 0 Å². The first-order chi connectivity index (χ1) is 12.4. The Hall–Kier alpha value is -1.73. The molecule has 4 nitrogen and oxygen atoms in total. The SMILES string of the molecule is O=C(/N=C1\COCC[C@H]1NC1CC1)c1ccc(C(F)(F)F)cc1C1CC1. The van der Waals surface area contributed by atoms with Crippen molar-refractivity contribution < 1.29 is 22.7 Å². The number of nitrogens with zero attached hydrogens (tertiary/aromatic N) is 1. The number of halogens is 3. The van der Waals surface area contributed by atoms with Gasteiger partial charge in [0, 0.05) is 18.2 Å². The van der Waals surface area contributed by atoms with Crippen molar-refractivity contribution in [2.75, 3.05) is 13.2 Å². The van der Waals surface area contributed by atoms with E-state index in [9.17, 15) is 18.0 Å². The van der Waals surface area contributed by atoms with Gasteiger partial charge in [-0.3, -0.25) is 4.79 Å². The number of ether oxygens (including phenoxy) is 1. The molecule has 0 bridgehead atoms. The second kappa shape index (κ2) is 6.78. The second-order valence-corrected chi connectivity index (χ2v) is 7.32. The highest BCUT2D eigenvalue weighted by Gasteiger charge is 2.35. The maximum absolute atomic E-state index is 13.0. The molecule has 1 saturated heterocycles. The summed E-state index contributed by atoms with van der Waals surface area (Å²) in [6.45, 7) is 0.903. The molecular weight excluding hydrogens is 345 g/mol. The first-order valence-corrected chi connectivity index (χ1v) is 9.08. The van der Waals surface area contributed by atoms with E-state index in [-0.39, 0.29) is 24.1 Å². The fourth-order valence-corrected chi connectivity index (χ4v) is 3.33. The molecule has 3 fully saturated rings. The van der Waals surface area contributed by atoms with E-state index in [1.165, 1.54) is 6.07 Å². The van der Waals surface area contributed by atoms with Crippen LogP contribution in [0.5, 0.6) is 0 Å². The normalized spacial score (nSPS) is 25.5. The van der Waals surface area contributed by atoms with Gasteiger partial charge >= 0.3 is 6.18 Å². The maximum Gasteiger partial charge on any atom is 0.416 e. The van der Waals surface area contributed by atoms with Crippen molar-refractivity contribution in [1.29, 1.82) is 0 Å². The average Bonchev–Trinajstić information content (AvgIpc) is 3.49. The number of aliphatic imine (C=N–C) groups is 1. The van der Waals surface area contributed by atoms with Crippen LogP contribution >= 0.6 is 0 Å². The summed E-state index contributed by atoms with van der Waals surface area (Å²) in [5.41, 5.74) is 0.689. The van der Waals surface area contributed by atoms with E-state index in [1.54, 1.807) is 0 Å². The number of benzene rings is 1. The third-order valence-corrected chi connectivity index (χ3v) is 5.09. The van der Waals surface area contributed by atoms with Crippen LogP contribution in [0, 0.1) is 0 Å². The van der Waals surface area contributed by atoms with Crippen LogP contribution in [0.3, 0.4) is 0 Å². The van der Waals surface area contributed by atoms with Gasteiger partial charge in [0.25, 0.3) is 5.91 Å². The van der Waals surface area contributed by atoms with E-state index >= 15 is 0 Å². The van der Waals surface area contributed by atoms with Crippen LogP contribution in [0.2, 0.25) is 0 Å². The highest BCUT2D eigenvalue weighted by Crippen LogP contribution is 2.44. The molecule has 1 aromatic rings. The minimum Gasteiger partial charge on any atom is -0.375 e. The number of carbonyl (C=O) groups is 1. The molecule has 26 heavy (non-hydrogen) atoms. The van der Waals surface area contributed by atoms with Crippen molar-refractivity contribution in [1.82, 2.24) is 5.32 Å². The summed E-state index contributed by atoms with van der Waals surface area (Å²) >= 11 is 0. The Bertz CT molecular complexity index is 737. The molecule has 7 heteroatoms. The molecule has 1 heterocycles. The Balaban J connectivity index is 1.60. The van der Waals surface area contributed by atoms with Gasteiger partial charge in [0.1, 0.15) is 0 Å². The predicted molar refractivity (Wildman–Crippen MR) is 90.6 cm³/mol. The van der Waals surface area contributed by atoms with Gasteiger partial charge in [-0.2, -0.15) is 13.2 Å². The molecule has 1 atom stereocenters. The third kappa shape index (κ3) is 3.99. The van der Waals surface area contributed by atoms with E-state index < -0.39 is 17.6 Å². The van der Waals surface area contributed by atoms with Gasteiger partial charge in [-0.1, -0.05) is 0 Å². The van der Waals surface area contributed by atoms with Gasteiger partial charge in [0.05, 0.1) is 23.9 Å². The number of carbonyl (C=O) groups excluding carboxylic acids is 1. The van der Waals surface area contributed by atoms with E-state index in [0.29, 0.717) is 23.9 Å². The molecule has 1 amide bonds. The number of nitrogens with one attached hydrogen (secondary N) is 1. The highest BCUT2D eigenvalue weighted by molar-refractivity contribution is 6.07. The minimum atomic E-state index is -4.41. The van der Waals surface area contributed by atoms with Crippen LogP contribution in [-0.2, 0) is 10.9 Å². The molecule has 0 aromatic heterocycles. The molecule has 0 unspecified atom stereocenters. The fraction of sp³-hybridized carbons (Fsp3) is 0.579. The van der Waals surface area contributed by atoms with Crippen molar-refractivity contribution in [3.05, 3.63) is 34.9 Å². The Kier molecular flexibility index (Phi) is 4.61. The monoisotopic (exact) mass is 366 g/mol. The van der Waals surface area contributed by atoms with Crippen molar-refractivity contribution in [2.24, 2.45) is 4.99 Å². The quantitative estimate of drug-likeness (QED) is 0.884. The Morgan fingerprint density at radius 1 is 1.15 bits per heavy atom. The lowest BCUT2D eigenvalue weighted by atomic mass is 9.99. The average molecular weight is 366 g/mol. The molecule has 1 aliphatic heterocycles. The summed E-state index contributed by atoms with van der Waals surface area (Å²) in [7, 11) is 0. The van der Waals surface area contributed by atoms with Crippen molar-refractivity contribution >= 4 is 11.6 Å². The van der Waals surface area contributed by atoms with Crippen molar-refractivity contribution in [3.63, 3.8) is 0 Å².